The van der Waals surface area contributed by atoms with Gasteiger partial charge in [-0.05, 0) is 38.5 Å². The number of rotatable bonds is 6. The average Bonchev–Trinajstić information content (AvgIpc) is 2.26. The van der Waals surface area contributed by atoms with Gasteiger partial charge < -0.3 is 0 Å². The van der Waals surface area contributed by atoms with Gasteiger partial charge in [-0.15, -0.1) is 11.6 Å². The minimum absolute atomic E-state index is 0.0485. The standard InChI is InChI=1S/C14H26ClNO2S/c1-12(15)11-14-7-2-3-9-16(14)19(17,18)10-8-13-5-4-6-13/h12-14H,2-11H2,1H3. The first-order valence-electron chi connectivity index (χ1n) is 7.62. The van der Waals surface area contributed by atoms with Crippen molar-refractivity contribution in [1.29, 1.82) is 0 Å². The maximum Gasteiger partial charge on any atom is 0.214 e. The third-order valence-electron chi connectivity index (χ3n) is 4.54. The van der Waals surface area contributed by atoms with Crippen molar-refractivity contribution < 1.29 is 8.42 Å². The molecule has 19 heavy (non-hydrogen) atoms. The minimum atomic E-state index is -3.07. The van der Waals surface area contributed by atoms with Crippen LogP contribution in [0.5, 0.6) is 0 Å². The number of hydrogen-bond acceptors (Lipinski definition) is 2. The summed E-state index contributed by atoms with van der Waals surface area (Å²) in [4.78, 5) is 0. The smallest absolute Gasteiger partial charge is 0.212 e. The molecule has 2 atom stereocenters. The molecule has 2 rings (SSSR count). The number of sulfonamides is 1. The maximum atomic E-state index is 12.5. The van der Waals surface area contributed by atoms with Crippen LogP contribution in [0.3, 0.4) is 0 Å². The molecule has 0 amide bonds. The molecule has 2 unspecified atom stereocenters. The van der Waals surface area contributed by atoms with E-state index in [1.165, 1.54) is 19.3 Å². The predicted molar refractivity (Wildman–Crippen MR) is 80.0 cm³/mol. The Morgan fingerprint density at radius 1 is 1.21 bits per heavy atom. The molecule has 2 aliphatic rings. The Balaban J connectivity index is 1.94. The van der Waals surface area contributed by atoms with Gasteiger partial charge in [-0.3, -0.25) is 0 Å². The van der Waals surface area contributed by atoms with Crippen LogP contribution < -0.4 is 0 Å². The van der Waals surface area contributed by atoms with Gasteiger partial charge in [-0.1, -0.05) is 25.7 Å². The van der Waals surface area contributed by atoms with E-state index in [2.05, 4.69) is 0 Å². The van der Waals surface area contributed by atoms with E-state index in [-0.39, 0.29) is 11.4 Å². The van der Waals surface area contributed by atoms with Gasteiger partial charge in [0.05, 0.1) is 5.75 Å². The number of piperidine rings is 1. The summed E-state index contributed by atoms with van der Waals surface area (Å²) >= 11 is 6.06. The molecule has 3 nitrogen and oxygen atoms in total. The molecule has 0 aromatic carbocycles. The Kier molecular flexibility index (Phi) is 5.55. The summed E-state index contributed by atoms with van der Waals surface area (Å²) in [6.45, 7) is 2.65. The Labute approximate surface area is 122 Å². The van der Waals surface area contributed by atoms with E-state index < -0.39 is 10.0 Å². The summed E-state index contributed by atoms with van der Waals surface area (Å²) in [7, 11) is -3.07. The van der Waals surface area contributed by atoms with Gasteiger partial charge in [0.15, 0.2) is 0 Å². The van der Waals surface area contributed by atoms with Crippen LogP contribution in [0.1, 0.15) is 58.3 Å². The zero-order valence-corrected chi connectivity index (χ0v) is 13.4. The van der Waals surface area contributed by atoms with Gasteiger partial charge in [-0.2, -0.15) is 4.31 Å². The van der Waals surface area contributed by atoms with Gasteiger partial charge in [0, 0.05) is 18.0 Å². The van der Waals surface area contributed by atoms with Gasteiger partial charge >= 0.3 is 0 Å². The molecule has 0 aromatic heterocycles. The monoisotopic (exact) mass is 307 g/mol. The van der Waals surface area contributed by atoms with E-state index in [4.69, 9.17) is 11.6 Å². The molecule has 0 bridgehead atoms. The lowest BCUT2D eigenvalue weighted by Gasteiger charge is -2.36. The zero-order chi connectivity index (χ0) is 13.9. The molecule has 0 N–H and O–H groups in total. The lowest BCUT2D eigenvalue weighted by Crippen LogP contribution is -2.45. The van der Waals surface area contributed by atoms with Gasteiger partial charge in [-0.25, -0.2) is 8.42 Å². The summed E-state index contributed by atoms with van der Waals surface area (Å²) in [5, 5.41) is 0.0485. The molecule has 1 heterocycles. The first-order valence-corrected chi connectivity index (χ1v) is 9.67. The molecule has 1 aliphatic carbocycles. The van der Waals surface area contributed by atoms with E-state index >= 15 is 0 Å². The lowest BCUT2D eigenvalue weighted by atomic mass is 9.84. The number of hydrogen-bond donors (Lipinski definition) is 0. The lowest BCUT2D eigenvalue weighted by molar-refractivity contribution is 0.238. The summed E-state index contributed by atoms with van der Waals surface area (Å²) in [6.07, 6.45) is 8.45. The van der Waals surface area contributed by atoms with Crippen molar-refractivity contribution in [3.8, 4) is 0 Å². The van der Waals surface area contributed by atoms with Crippen LogP contribution in [0, 0.1) is 5.92 Å². The molecular weight excluding hydrogens is 282 g/mol. The highest BCUT2D eigenvalue weighted by Gasteiger charge is 2.33. The maximum absolute atomic E-state index is 12.5. The molecular formula is C14H26ClNO2S. The second-order valence-corrected chi connectivity index (χ2v) is 8.96. The molecule has 112 valence electrons. The van der Waals surface area contributed by atoms with Crippen molar-refractivity contribution in [3.05, 3.63) is 0 Å². The Bertz CT molecular complexity index is 379. The second kappa shape index (κ2) is 6.77. The van der Waals surface area contributed by atoms with Crippen molar-refractivity contribution >= 4 is 21.6 Å². The molecule has 5 heteroatoms. The van der Waals surface area contributed by atoms with Gasteiger partial charge in [0.25, 0.3) is 0 Å². The Morgan fingerprint density at radius 3 is 2.53 bits per heavy atom. The van der Waals surface area contributed by atoms with Crippen LogP contribution in [-0.2, 0) is 10.0 Å². The molecule has 1 saturated carbocycles. The average molecular weight is 308 g/mol. The highest BCUT2D eigenvalue weighted by molar-refractivity contribution is 7.89. The van der Waals surface area contributed by atoms with Crippen molar-refractivity contribution in [2.75, 3.05) is 12.3 Å². The number of nitrogens with zero attached hydrogens (tertiary/aromatic N) is 1. The van der Waals surface area contributed by atoms with Gasteiger partial charge in [0.2, 0.25) is 10.0 Å². The van der Waals surface area contributed by atoms with E-state index in [1.54, 1.807) is 4.31 Å². The summed E-state index contributed by atoms with van der Waals surface area (Å²) in [5.74, 6) is 0.996. The largest absolute Gasteiger partial charge is 0.214 e. The highest BCUT2D eigenvalue weighted by atomic mass is 35.5. The molecule has 1 saturated heterocycles. The topological polar surface area (TPSA) is 37.4 Å². The summed E-state index contributed by atoms with van der Waals surface area (Å²) in [6, 6.07) is 0.132. The van der Waals surface area contributed by atoms with Crippen LogP contribution in [0.2, 0.25) is 0 Å². The first kappa shape index (κ1) is 15.6. The Hall–Kier alpha value is 0.200. The first-order chi connectivity index (χ1) is 8.99. The quantitative estimate of drug-likeness (QED) is 0.705. The molecule has 0 aromatic rings. The van der Waals surface area contributed by atoms with Crippen molar-refractivity contribution in [1.82, 2.24) is 4.31 Å². The van der Waals surface area contributed by atoms with Crippen LogP contribution in [-0.4, -0.2) is 36.4 Å². The van der Waals surface area contributed by atoms with E-state index in [0.29, 0.717) is 18.2 Å². The molecule has 0 radical (unpaired) electrons. The number of alkyl halides is 1. The van der Waals surface area contributed by atoms with E-state index in [9.17, 15) is 8.42 Å². The fourth-order valence-electron chi connectivity index (χ4n) is 3.17. The van der Waals surface area contributed by atoms with Crippen molar-refractivity contribution in [2.24, 2.45) is 5.92 Å². The second-order valence-electron chi connectivity index (χ2n) is 6.18. The minimum Gasteiger partial charge on any atom is -0.212 e. The molecule has 2 fully saturated rings. The van der Waals surface area contributed by atoms with E-state index in [0.717, 1.165) is 32.1 Å². The van der Waals surface area contributed by atoms with Crippen LogP contribution in [0.25, 0.3) is 0 Å². The molecule has 1 aliphatic heterocycles. The van der Waals surface area contributed by atoms with E-state index in [1.807, 2.05) is 6.92 Å². The Morgan fingerprint density at radius 2 is 1.95 bits per heavy atom. The SMILES string of the molecule is CC(Cl)CC1CCCCN1S(=O)(=O)CCC1CCC1. The van der Waals surface area contributed by atoms with Crippen molar-refractivity contribution in [3.63, 3.8) is 0 Å². The van der Waals surface area contributed by atoms with Crippen LogP contribution in [0.15, 0.2) is 0 Å². The summed E-state index contributed by atoms with van der Waals surface area (Å²) < 4.78 is 26.8. The number of halogens is 1. The normalized spacial score (nSPS) is 28.0. The third kappa shape index (κ3) is 4.33. The van der Waals surface area contributed by atoms with Crippen LogP contribution in [0.4, 0.5) is 0 Å². The summed E-state index contributed by atoms with van der Waals surface area (Å²) in [5.41, 5.74) is 0. The van der Waals surface area contributed by atoms with Gasteiger partial charge in [0.1, 0.15) is 0 Å². The van der Waals surface area contributed by atoms with Crippen molar-refractivity contribution in [2.45, 2.75) is 69.7 Å². The fraction of sp³-hybridized carbons (Fsp3) is 1.00. The highest BCUT2D eigenvalue weighted by Crippen LogP contribution is 2.31. The third-order valence-corrected chi connectivity index (χ3v) is 6.66. The molecule has 0 spiro atoms. The van der Waals surface area contributed by atoms with Crippen LogP contribution >= 0.6 is 11.6 Å². The predicted octanol–water partition coefficient (Wildman–Crippen LogP) is 3.38. The fourth-order valence-corrected chi connectivity index (χ4v) is 5.29. The zero-order valence-electron chi connectivity index (χ0n) is 11.9.